The Bertz CT molecular complexity index is 485. The Labute approximate surface area is 110 Å². The monoisotopic (exact) mass is 273 g/mol. The maximum Gasteiger partial charge on any atom is 0.389 e. The fraction of sp³-hybridized carbons (Fsp3) is 0.643. The van der Waals surface area contributed by atoms with Gasteiger partial charge in [-0.15, -0.1) is 0 Å². The summed E-state index contributed by atoms with van der Waals surface area (Å²) < 4.78 is 38.2. The van der Waals surface area contributed by atoms with Gasteiger partial charge in [-0.3, -0.25) is 4.79 Å². The van der Waals surface area contributed by atoms with E-state index in [0.717, 1.165) is 12.1 Å². The van der Waals surface area contributed by atoms with Crippen molar-refractivity contribution in [3.8, 4) is 0 Å². The van der Waals surface area contributed by atoms with E-state index in [-0.39, 0.29) is 17.6 Å². The second-order valence-corrected chi connectivity index (χ2v) is 6.03. The number of fused-ring (bicyclic) bond motifs is 1. The van der Waals surface area contributed by atoms with E-state index in [0.29, 0.717) is 18.5 Å². The number of ketones is 1. The number of halogens is 3. The number of carbonyl (C=O) groups excluding carboxylic acids is 1. The Morgan fingerprint density at radius 1 is 1.32 bits per heavy atom. The second kappa shape index (κ2) is 4.69. The molecule has 106 valence electrons. The van der Waals surface area contributed by atoms with Crippen molar-refractivity contribution in [1.29, 1.82) is 0 Å². The van der Waals surface area contributed by atoms with E-state index < -0.39 is 12.6 Å². The zero-order chi connectivity index (χ0) is 14.3. The molecule has 2 rings (SSSR count). The number of hydrogen-bond donors (Lipinski definition) is 0. The van der Waals surface area contributed by atoms with Gasteiger partial charge < -0.3 is 4.57 Å². The van der Waals surface area contributed by atoms with Gasteiger partial charge in [0.1, 0.15) is 0 Å². The largest absolute Gasteiger partial charge is 0.389 e. The number of nitrogens with zero attached hydrogens (tertiary/aromatic N) is 1. The lowest BCUT2D eigenvalue weighted by Crippen LogP contribution is -2.28. The van der Waals surface area contributed by atoms with E-state index >= 15 is 0 Å². The summed E-state index contributed by atoms with van der Waals surface area (Å²) >= 11 is 0. The van der Waals surface area contributed by atoms with Crippen molar-refractivity contribution >= 4 is 5.78 Å². The van der Waals surface area contributed by atoms with Crippen molar-refractivity contribution in [1.82, 2.24) is 4.57 Å². The zero-order valence-electron chi connectivity index (χ0n) is 11.2. The molecule has 0 atom stereocenters. The molecule has 0 unspecified atom stereocenters. The molecule has 0 fully saturated rings. The Morgan fingerprint density at radius 3 is 2.63 bits per heavy atom. The molecule has 0 N–H and O–H groups in total. The molecule has 0 radical (unpaired) electrons. The molecule has 1 aliphatic rings. The van der Waals surface area contributed by atoms with E-state index in [9.17, 15) is 18.0 Å². The Balaban J connectivity index is 2.10. The predicted molar refractivity (Wildman–Crippen MR) is 66.2 cm³/mol. The average molecular weight is 273 g/mol. The number of aryl methyl sites for hydroxylation is 1. The third-order valence-corrected chi connectivity index (χ3v) is 3.52. The molecule has 5 heteroatoms. The summed E-state index contributed by atoms with van der Waals surface area (Å²) in [5.41, 5.74) is 1.47. The number of carbonyl (C=O) groups is 1. The van der Waals surface area contributed by atoms with Crippen molar-refractivity contribution in [3.63, 3.8) is 0 Å². The highest BCUT2D eigenvalue weighted by Gasteiger charge is 2.33. The van der Waals surface area contributed by atoms with Crippen LogP contribution in [-0.4, -0.2) is 16.5 Å². The van der Waals surface area contributed by atoms with Gasteiger partial charge in [0, 0.05) is 36.8 Å². The Morgan fingerprint density at radius 2 is 2.00 bits per heavy atom. The number of Topliss-reactive ketones (excluding diaryl/α,β-unsaturated/α-hetero) is 1. The summed E-state index contributed by atoms with van der Waals surface area (Å²) in [5, 5.41) is 0. The lowest BCUT2D eigenvalue weighted by atomic mass is 9.76. The molecule has 0 spiro atoms. The zero-order valence-corrected chi connectivity index (χ0v) is 11.2. The number of hydrogen-bond acceptors (Lipinski definition) is 1. The molecule has 0 aliphatic heterocycles. The van der Waals surface area contributed by atoms with Crippen LogP contribution >= 0.6 is 0 Å². The predicted octanol–water partition coefficient (Wildman–Crippen LogP) is 3.99. The van der Waals surface area contributed by atoms with Crippen molar-refractivity contribution in [2.24, 2.45) is 5.41 Å². The number of rotatable bonds is 3. The molecule has 0 bridgehead atoms. The SMILES string of the molecule is CC1(C)CC(=O)c2ccn(CCCC(F)(F)F)c2C1. The highest BCUT2D eigenvalue weighted by molar-refractivity contribution is 5.98. The van der Waals surface area contributed by atoms with Crippen LogP contribution in [0.15, 0.2) is 12.3 Å². The van der Waals surface area contributed by atoms with Crippen molar-refractivity contribution in [3.05, 3.63) is 23.5 Å². The molecule has 0 saturated carbocycles. The van der Waals surface area contributed by atoms with Gasteiger partial charge in [0.15, 0.2) is 5.78 Å². The number of alkyl halides is 3. The summed E-state index contributed by atoms with van der Waals surface area (Å²) in [6.45, 7) is 4.35. The first-order valence-electron chi connectivity index (χ1n) is 6.46. The number of aromatic nitrogens is 1. The van der Waals surface area contributed by atoms with Gasteiger partial charge in [-0.25, -0.2) is 0 Å². The third-order valence-electron chi connectivity index (χ3n) is 3.52. The van der Waals surface area contributed by atoms with Gasteiger partial charge in [0.2, 0.25) is 0 Å². The summed E-state index contributed by atoms with van der Waals surface area (Å²) in [6, 6.07) is 1.74. The van der Waals surface area contributed by atoms with Gasteiger partial charge in [0.25, 0.3) is 0 Å². The van der Waals surface area contributed by atoms with Gasteiger partial charge in [-0.1, -0.05) is 13.8 Å². The van der Waals surface area contributed by atoms with Crippen LogP contribution < -0.4 is 0 Å². The van der Waals surface area contributed by atoms with Crippen LogP contribution in [0.3, 0.4) is 0 Å². The Kier molecular flexibility index (Phi) is 3.49. The van der Waals surface area contributed by atoms with Gasteiger partial charge in [0.05, 0.1) is 0 Å². The van der Waals surface area contributed by atoms with E-state index in [2.05, 4.69) is 0 Å². The maximum absolute atomic E-state index is 12.1. The minimum Gasteiger partial charge on any atom is -0.351 e. The van der Waals surface area contributed by atoms with Gasteiger partial charge >= 0.3 is 6.18 Å². The summed E-state index contributed by atoms with van der Waals surface area (Å²) in [6.07, 6.45) is -1.85. The molecule has 0 aromatic carbocycles. The molecule has 0 saturated heterocycles. The Hall–Kier alpha value is -1.26. The van der Waals surface area contributed by atoms with Gasteiger partial charge in [-0.2, -0.15) is 13.2 Å². The minimum absolute atomic E-state index is 0.0548. The summed E-state index contributed by atoms with van der Waals surface area (Å²) in [4.78, 5) is 12.0. The molecule has 0 amide bonds. The van der Waals surface area contributed by atoms with E-state index in [4.69, 9.17) is 0 Å². The van der Waals surface area contributed by atoms with E-state index in [1.54, 1.807) is 16.8 Å². The first kappa shape index (κ1) is 14.2. The quantitative estimate of drug-likeness (QED) is 0.816. The van der Waals surface area contributed by atoms with Crippen LogP contribution in [0.5, 0.6) is 0 Å². The molecule has 1 heterocycles. The fourth-order valence-electron chi connectivity index (χ4n) is 2.66. The van der Waals surface area contributed by atoms with Crippen LogP contribution in [0.1, 0.15) is 49.2 Å². The molecule has 1 aromatic rings. The van der Waals surface area contributed by atoms with Gasteiger partial charge in [-0.05, 0) is 24.3 Å². The molecular weight excluding hydrogens is 255 g/mol. The average Bonchev–Trinajstić information content (AvgIpc) is 2.58. The smallest absolute Gasteiger partial charge is 0.351 e. The van der Waals surface area contributed by atoms with Crippen LogP contribution in [0, 0.1) is 5.41 Å². The molecule has 1 aromatic heterocycles. The van der Waals surface area contributed by atoms with E-state index in [1.807, 2.05) is 13.8 Å². The highest BCUT2D eigenvalue weighted by Crippen LogP contribution is 2.35. The lowest BCUT2D eigenvalue weighted by molar-refractivity contribution is -0.135. The van der Waals surface area contributed by atoms with Crippen molar-refractivity contribution in [2.45, 2.75) is 52.3 Å². The van der Waals surface area contributed by atoms with E-state index in [1.165, 1.54) is 0 Å². The standard InChI is InChI=1S/C14H18F3NO/c1-13(2)8-11-10(12(19)9-13)4-7-18(11)6-3-5-14(15,16)17/h4,7H,3,5-6,8-9H2,1-2H3. The van der Waals surface area contributed by atoms with Crippen LogP contribution in [0.4, 0.5) is 13.2 Å². The van der Waals surface area contributed by atoms with Crippen molar-refractivity contribution < 1.29 is 18.0 Å². The first-order valence-corrected chi connectivity index (χ1v) is 6.46. The highest BCUT2D eigenvalue weighted by atomic mass is 19.4. The molecule has 1 aliphatic carbocycles. The fourth-order valence-corrected chi connectivity index (χ4v) is 2.66. The summed E-state index contributed by atoms with van der Waals surface area (Å²) in [5.74, 6) is 0.0980. The minimum atomic E-state index is -4.11. The second-order valence-electron chi connectivity index (χ2n) is 6.03. The first-order chi connectivity index (χ1) is 8.68. The van der Waals surface area contributed by atoms with Crippen LogP contribution in [-0.2, 0) is 13.0 Å². The molecular formula is C14H18F3NO. The normalized spacial score (nSPS) is 18.5. The molecule has 2 nitrogen and oxygen atoms in total. The van der Waals surface area contributed by atoms with Crippen molar-refractivity contribution in [2.75, 3.05) is 0 Å². The van der Waals surface area contributed by atoms with Crippen LogP contribution in [0.2, 0.25) is 0 Å². The third kappa shape index (κ3) is 3.39. The maximum atomic E-state index is 12.1. The molecule has 19 heavy (non-hydrogen) atoms. The van der Waals surface area contributed by atoms with Crippen LogP contribution in [0.25, 0.3) is 0 Å². The lowest BCUT2D eigenvalue weighted by Gasteiger charge is -2.29. The topological polar surface area (TPSA) is 22.0 Å². The summed E-state index contributed by atoms with van der Waals surface area (Å²) in [7, 11) is 0.